The van der Waals surface area contributed by atoms with Gasteiger partial charge in [0.15, 0.2) is 17.6 Å². The van der Waals surface area contributed by atoms with Crippen molar-refractivity contribution in [2.75, 3.05) is 46.9 Å². The zero-order valence-electron chi connectivity index (χ0n) is 23.9. The molecule has 1 amide bonds. The summed E-state index contributed by atoms with van der Waals surface area (Å²) in [6.45, 7) is 9.78. The monoisotopic (exact) mass is 527 g/mol. The van der Waals surface area contributed by atoms with Crippen molar-refractivity contribution >= 4 is 6.09 Å². The van der Waals surface area contributed by atoms with Gasteiger partial charge in [-0.3, -0.25) is 0 Å². The lowest BCUT2D eigenvalue weighted by molar-refractivity contribution is -0.946. The molecule has 0 spiro atoms. The Bertz CT molecular complexity index is 1030. The number of aryl methyl sites for hydroxylation is 1. The largest absolute Gasteiger partial charge is 0.493 e. The first kappa shape index (κ1) is 28.3. The van der Waals surface area contributed by atoms with Gasteiger partial charge in [-0.05, 0) is 56.0 Å². The fourth-order valence-corrected chi connectivity index (χ4v) is 6.22. The number of methoxy groups -OCH3 is 2. The van der Waals surface area contributed by atoms with Crippen LogP contribution in [0.15, 0.2) is 34.7 Å². The van der Waals surface area contributed by atoms with E-state index in [1.54, 1.807) is 19.1 Å². The van der Waals surface area contributed by atoms with Gasteiger partial charge in [0.05, 0.1) is 40.4 Å². The van der Waals surface area contributed by atoms with E-state index in [-0.39, 0.29) is 12.2 Å². The fraction of sp³-hybridized carbons (Fsp3) is 0.645. The van der Waals surface area contributed by atoms with E-state index in [0.29, 0.717) is 36.9 Å². The van der Waals surface area contributed by atoms with Gasteiger partial charge in [0, 0.05) is 25.3 Å². The zero-order valence-corrected chi connectivity index (χ0v) is 23.9. The lowest BCUT2D eigenvalue weighted by atomic mass is 9.83. The van der Waals surface area contributed by atoms with E-state index < -0.39 is 0 Å². The van der Waals surface area contributed by atoms with Crippen LogP contribution < -0.4 is 9.47 Å². The number of carbonyl (C=O) groups excluding carboxylic acids is 1. The third-order valence-corrected chi connectivity index (χ3v) is 8.55. The minimum absolute atomic E-state index is 0.00237. The summed E-state index contributed by atoms with van der Waals surface area (Å²) in [7, 11) is 3.27. The van der Waals surface area contributed by atoms with E-state index in [1.165, 1.54) is 51.7 Å². The molecule has 0 N–H and O–H groups in total. The van der Waals surface area contributed by atoms with Crippen molar-refractivity contribution in [3.63, 3.8) is 0 Å². The number of unbranched alkanes of at least 4 members (excludes halogenated alkanes) is 4. The second kappa shape index (κ2) is 13.4. The molecule has 0 unspecified atom stereocenters. The number of quaternary nitrogens is 1. The molecule has 7 nitrogen and oxygen atoms in total. The number of amides is 1. The highest BCUT2D eigenvalue weighted by atomic mass is 16.6. The molecule has 0 saturated carbocycles. The van der Waals surface area contributed by atoms with Gasteiger partial charge in [-0.1, -0.05) is 32.3 Å². The summed E-state index contributed by atoms with van der Waals surface area (Å²) in [6, 6.07) is 9.78. The van der Waals surface area contributed by atoms with Gasteiger partial charge < -0.3 is 28.0 Å². The van der Waals surface area contributed by atoms with Crippen molar-refractivity contribution < 1.29 is 27.9 Å². The highest BCUT2D eigenvalue weighted by Gasteiger charge is 2.47. The van der Waals surface area contributed by atoms with Gasteiger partial charge in [-0.2, -0.15) is 0 Å². The second-order valence-electron chi connectivity index (χ2n) is 11.2. The van der Waals surface area contributed by atoms with Crippen LogP contribution in [0.3, 0.4) is 0 Å². The minimum atomic E-state index is -0.237. The lowest BCUT2D eigenvalue weighted by Crippen LogP contribution is -2.64. The van der Waals surface area contributed by atoms with Gasteiger partial charge in [-0.15, -0.1) is 0 Å². The maximum atomic E-state index is 13.6. The van der Waals surface area contributed by atoms with Crippen LogP contribution >= 0.6 is 0 Å². The smallest absolute Gasteiger partial charge is 0.410 e. The molecule has 1 aromatic carbocycles. The number of furan rings is 1. The first-order chi connectivity index (χ1) is 18.4. The molecule has 1 atom stereocenters. The van der Waals surface area contributed by atoms with Gasteiger partial charge in [-0.25, -0.2) is 4.79 Å². The van der Waals surface area contributed by atoms with E-state index in [9.17, 15) is 4.79 Å². The number of hydrogen-bond donors (Lipinski definition) is 0. The van der Waals surface area contributed by atoms with E-state index in [4.69, 9.17) is 18.6 Å². The van der Waals surface area contributed by atoms with Crippen LogP contribution in [0.2, 0.25) is 0 Å². The maximum Gasteiger partial charge on any atom is 0.410 e. The fourth-order valence-electron chi connectivity index (χ4n) is 6.22. The predicted molar refractivity (Wildman–Crippen MR) is 149 cm³/mol. The summed E-state index contributed by atoms with van der Waals surface area (Å²) in [4.78, 5) is 15.4. The van der Waals surface area contributed by atoms with E-state index in [0.717, 1.165) is 41.0 Å². The van der Waals surface area contributed by atoms with Crippen molar-refractivity contribution in [2.45, 2.75) is 77.9 Å². The highest BCUT2D eigenvalue weighted by Crippen LogP contribution is 2.36. The number of ether oxygens (including phenoxy) is 3. The summed E-state index contributed by atoms with van der Waals surface area (Å²) in [5, 5.41) is 0. The van der Waals surface area contributed by atoms with Crippen LogP contribution in [-0.4, -0.2) is 68.5 Å². The summed E-state index contributed by atoms with van der Waals surface area (Å²) >= 11 is 0. The third-order valence-electron chi connectivity index (χ3n) is 8.55. The first-order valence-corrected chi connectivity index (χ1v) is 14.5. The Hall–Kier alpha value is -2.67. The van der Waals surface area contributed by atoms with Crippen LogP contribution in [0.1, 0.15) is 69.0 Å². The summed E-state index contributed by atoms with van der Waals surface area (Å²) in [6.07, 6.45) is 9.30. The predicted octanol–water partition coefficient (Wildman–Crippen LogP) is 6.37. The summed E-state index contributed by atoms with van der Waals surface area (Å²) in [5.74, 6) is 3.49. The molecule has 2 aromatic rings. The standard InChI is InChI=1S/C31H47N2O5/c1-5-6-7-8-9-18-33-19-15-26(16-20-33)30(23-33)38-31(34)32(22-27-12-10-24(2)37-27)17-14-25-11-13-28(35-3)29(21-25)36-4/h10-13,21,26,30H,5-9,14-20,22-23H2,1-4H3/q+1/t26?,30-,33?/m0/s1. The quantitative estimate of drug-likeness (QED) is 0.211. The van der Waals surface area contributed by atoms with Crippen molar-refractivity contribution in [3.05, 3.63) is 47.4 Å². The molecule has 3 saturated heterocycles. The molecule has 0 aliphatic carbocycles. The average Bonchev–Trinajstić information content (AvgIpc) is 3.35. The SMILES string of the molecule is CCCCCCC[N+]12CCC(CC1)[C@@H](OC(=O)N(CCc1ccc(OC)c(OC)c1)Cc1ccc(C)o1)C2. The number of nitrogens with zero attached hydrogens (tertiary/aromatic N) is 2. The van der Waals surface area contributed by atoms with Crippen LogP contribution in [0.5, 0.6) is 11.5 Å². The van der Waals surface area contributed by atoms with Crippen LogP contribution in [-0.2, 0) is 17.7 Å². The molecule has 3 aliphatic rings. The molecule has 3 fully saturated rings. The van der Waals surface area contributed by atoms with Crippen LogP contribution in [0.4, 0.5) is 4.79 Å². The number of hydrogen-bond acceptors (Lipinski definition) is 5. The lowest BCUT2D eigenvalue weighted by Gasteiger charge is -2.52. The van der Waals surface area contributed by atoms with E-state index in [2.05, 4.69) is 6.92 Å². The Balaban J connectivity index is 1.40. The van der Waals surface area contributed by atoms with Gasteiger partial charge >= 0.3 is 6.09 Å². The average molecular weight is 528 g/mol. The van der Waals surface area contributed by atoms with Gasteiger partial charge in [0.2, 0.25) is 0 Å². The van der Waals surface area contributed by atoms with Crippen LogP contribution in [0, 0.1) is 12.8 Å². The number of piperidine rings is 3. The minimum Gasteiger partial charge on any atom is -0.493 e. The Morgan fingerprint density at radius 1 is 1.03 bits per heavy atom. The maximum absolute atomic E-state index is 13.6. The first-order valence-electron chi connectivity index (χ1n) is 14.5. The highest BCUT2D eigenvalue weighted by molar-refractivity contribution is 5.68. The van der Waals surface area contributed by atoms with E-state index in [1.807, 2.05) is 37.3 Å². The Morgan fingerprint density at radius 2 is 1.79 bits per heavy atom. The summed E-state index contributed by atoms with van der Waals surface area (Å²) < 4.78 is 24.1. The normalized spacial score (nSPS) is 22.3. The van der Waals surface area contributed by atoms with Crippen molar-refractivity contribution in [1.82, 2.24) is 4.90 Å². The second-order valence-corrected chi connectivity index (χ2v) is 11.2. The molecule has 4 heterocycles. The topological polar surface area (TPSA) is 61.1 Å². The summed E-state index contributed by atoms with van der Waals surface area (Å²) in [5.41, 5.74) is 1.08. The molecule has 5 rings (SSSR count). The molecule has 7 heteroatoms. The van der Waals surface area contributed by atoms with Crippen molar-refractivity contribution in [3.8, 4) is 11.5 Å². The molecule has 0 radical (unpaired) electrons. The number of fused-ring (bicyclic) bond motifs is 3. The van der Waals surface area contributed by atoms with Gasteiger partial charge in [0.1, 0.15) is 18.1 Å². The molecule has 1 aromatic heterocycles. The molecule has 2 bridgehead atoms. The Kier molecular flexibility index (Phi) is 10.0. The number of benzene rings is 1. The molecule has 210 valence electrons. The Morgan fingerprint density at radius 3 is 2.47 bits per heavy atom. The van der Waals surface area contributed by atoms with Crippen molar-refractivity contribution in [1.29, 1.82) is 0 Å². The Labute approximate surface area is 228 Å². The molecular formula is C31H47N2O5+. The number of rotatable bonds is 14. The number of carbonyl (C=O) groups is 1. The van der Waals surface area contributed by atoms with E-state index >= 15 is 0 Å². The zero-order chi connectivity index (χ0) is 27.0. The van der Waals surface area contributed by atoms with Crippen LogP contribution in [0.25, 0.3) is 0 Å². The molecule has 3 aliphatic heterocycles. The molecule has 38 heavy (non-hydrogen) atoms. The van der Waals surface area contributed by atoms with Crippen molar-refractivity contribution in [2.24, 2.45) is 5.92 Å². The third kappa shape index (κ3) is 7.25. The molecular weight excluding hydrogens is 480 g/mol. The van der Waals surface area contributed by atoms with Gasteiger partial charge in [0.25, 0.3) is 0 Å².